The molecule has 0 unspecified atom stereocenters. The molecular weight excluding hydrogens is 368 g/mol. The summed E-state index contributed by atoms with van der Waals surface area (Å²) in [4.78, 5) is 23.0. The number of allylic oxidation sites excluding steroid dienone is 2. The highest BCUT2D eigenvalue weighted by Crippen LogP contribution is 2.36. The number of aliphatic imine (C=N–C) groups is 1. The first-order chi connectivity index (χ1) is 13.6. The van der Waals surface area contributed by atoms with E-state index in [9.17, 15) is 0 Å². The quantitative estimate of drug-likeness (QED) is 0.369. The van der Waals surface area contributed by atoms with Crippen LogP contribution in [-0.2, 0) is 7.05 Å². The zero-order chi connectivity index (χ0) is 19.7. The Morgan fingerprint density at radius 2 is 2.04 bits per heavy atom. The van der Waals surface area contributed by atoms with Crippen LogP contribution in [0.25, 0.3) is 37.7 Å². The highest BCUT2D eigenvalue weighted by Gasteiger charge is 2.17. The van der Waals surface area contributed by atoms with Gasteiger partial charge in [-0.25, -0.2) is 19.9 Å². The van der Waals surface area contributed by atoms with Gasteiger partial charge in [-0.2, -0.15) is 0 Å². The summed E-state index contributed by atoms with van der Waals surface area (Å²) < 4.78 is 2.07. The van der Waals surface area contributed by atoms with Crippen molar-refractivity contribution >= 4 is 34.7 Å². The number of fused-ring (bicyclic) bond motifs is 1. The van der Waals surface area contributed by atoms with Gasteiger partial charge in [0, 0.05) is 36.6 Å². The van der Waals surface area contributed by atoms with Crippen molar-refractivity contribution in [1.29, 1.82) is 0 Å². The van der Waals surface area contributed by atoms with Crippen molar-refractivity contribution in [2.24, 2.45) is 12.0 Å². The zero-order valence-electron chi connectivity index (χ0n) is 15.6. The number of aryl methyl sites for hydroxylation is 2. The molecule has 0 N–H and O–H groups in total. The van der Waals surface area contributed by atoms with Crippen LogP contribution in [0.4, 0.5) is 0 Å². The van der Waals surface area contributed by atoms with Gasteiger partial charge in [-0.3, -0.25) is 4.99 Å². The Bertz CT molecular complexity index is 1220. The molecule has 4 aromatic rings. The standard InChI is InChI=1S/C21H18N6S/c1-5-6-16(22-3)19-15-7-8-27(4)18(15)9-17(26-19)20-13(2)25-21(28-20)14-10-23-12-24-11-14/h5-12H,1,3H2,2,4H3/b16-6-. The van der Waals surface area contributed by atoms with Crippen molar-refractivity contribution in [2.45, 2.75) is 6.92 Å². The molecular formula is C21H18N6S. The van der Waals surface area contributed by atoms with Crippen LogP contribution in [0, 0.1) is 6.92 Å². The lowest BCUT2D eigenvalue weighted by Gasteiger charge is -2.08. The van der Waals surface area contributed by atoms with Crippen molar-refractivity contribution in [1.82, 2.24) is 24.5 Å². The summed E-state index contributed by atoms with van der Waals surface area (Å²) in [5, 5.41) is 1.89. The van der Waals surface area contributed by atoms with Gasteiger partial charge in [0.05, 0.1) is 33.2 Å². The summed E-state index contributed by atoms with van der Waals surface area (Å²) >= 11 is 1.58. The van der Waals surface area contributed by atoms with Gasteiger partial charge in [0.15, 0.2) is 0 Å². The van der Waals surface area contributed by atoms with E-state index in [4.69, 9.17) is 9.97 Å². The normalized spacial score (nSPS) is 11.7. The maximum atomic E-state index is 4.92. The maximum absolute atomic E-state index is 4.92. The van der Waals surface area contributed by atoms with Crippen LogP contribution in [0.15, 0.2) is 60.8 Å². The van der Waals surface area contributed by atoms with Gasteiger partial charge in [-0.15, -0.1) is 11.3 Å². The largest absolute Gasteiger partial charge is 0.350 e. The SMILES string of the molecule is C=C/C=C(\N=C)c1nc(-c2sc(-c3cncnc3)nc2C)cc2c1ccn2C. The van der Waals surface area contributed by atoms with Gasteiger partial charge in [0.1, 0.15) is 11.3 Å². The average molecular weight is 386 g/mol. The van der Waals surface area contributed by atoms with Crippen LogP contribution >= 0.6 is 11.3 Å². The Hall–Kier alpha value is -3.45. The number of rotatable bonds is 5. The second-order valence-electron chi connectivity index (χ2n) is 6.22. The van der Waals surface area contributed by atoms with Crippen molar-refractivity contribution in [2.75, 3.05) is 0 Å². The lowest BCUT2D eigenvalue weighted by atomic mass is 10.1. The molecule has 6 nitrogen and oxygen atoms in total. The van der Waals surface area contributed by atoms with Crippen LogP contribution in [-0.4, -0.2) is 31.2 Å². The molecule has 0 aliphatic heterocycles. The second-order valence-corrected chi connectivity index (χ2v) is 7.22. The second kappa shape index (κ2) is 7.28. The van der Waals surface area contributed by atoms with Gasteiger partial charge >= 0.3 is 0 Å². The summed E-state index contributed by atoms with van der Waals surface area (Å²) in [6, 6.07) is 4.12. The van der Waals surface area contributed by atoms with Crippen molar-refractivity contribution < 1.29 is 0 Å². The number of thiazole rings is 1. The Morgan fingerprint density at radius 3 is 2.75 bits per heavy atom. The number of hydrogen-bond donors (Lipinski definition) is 0. The molecule has 0 amide bonds. The molecule has 0 aliphatic carbocycles. The Balaban J connectivity index is 1.94. The van der Waals surface area contributed by atoms with Gasteiger partial charge in [-0.05, 0) is 31.9 Å². The Kier molecular flexibility index (Phi) is 4.67. The van der Waals surface area contributed by atoms with Crippen LogP contribution in [0.2, 0.25) is 0 Å². The van der Waals surface area contributed by atoms with Crippen molar-refractivity contribution in [3.63, 3.8) is 0 Å². The van der Waals surface area contributed by atoms with Gasteiger partial charge in [0.2, 0.25) is 0 Å². The minimum absolute atomic E-state index is 0.687. The van der Waals surface area contributed by atoms with Crippen molar-refractivity contribution in [3.8, 4) is 21.1 Å². The summed E-state index contributed by atoms with van der Waals surface area (Å²) in [6.45, 7) is 9.46. The lowest BCUT2D eigenvalue weighted by Crippen LogP contribution is -1.94. The number of hydrogen-bond acceptors (Lipinski definition) is 6. The molecule has 0 bridgehead atoms. The maximum Gasteiger partial charge on any atom is 0.127 e. The molecule has 0 aliphatic rings. The average Bonchev–Trinajstić information content (AvgIpc) is 3.29. The smallest absolute Gasteiger partial charge is 0.127 e. The lowest BCUT2D eigenvalue weighted by molar-refractivity contribution is 0.968. The Morgan fingerprint density at radius 1 is 1.25 bits per heavy atom. The van der Waals surface area contributed by atoms with Gasteiger partial charge in [-0.1, -0.05) is 12.7 Å². The Labute approximate surface area is 166 Å². The van der Waals surface area contributed by atoms with Crippen LogP contribution < -0.4 is 0 Å². The summed E-state index contributed by atoms with van der Waals surface area (Å²) in [5.74, 6) is 0. The van der Waals surface area contributed by atoms with Crippen LogP contribution in [0.1, 0.15) is 11.4 Å². The highest BCUT2D eigenvalue weighted by atomic mass is 32.1. The molecule has 0 aromatic carbocycles. The van der Waals surface area contributed by atoms with Crippen molar-refractivity contribution in [3.05, 3.63) is 67.2 Å². The third-order valence-corrected chi connectivity index (χ3v) is 5.64. The van der Waals surface area contributed by atoms with E-state index in [1.165, 1.54) is 6.33 Å². The third-order valence-electron chi connectivity index (χ3n) is 4.41. The van der Waals surface area contributed by atoms with E-state index in [1.807, 2.05) is 32.3 Å². The third kappa shape index (κ3) is 3.05. The molecule has 28 heavy (non-hydrogen) atoms. The predicted molar refractivity (Wildman–Crippen MR) is 115 cm³/mol. The molecule has 7 heteroatoms. The summed E-state index contributed by atoms with van der Waals surface area (Å²) in [7, 11) is 2.01. The molecule has 0 atom stereocenters. The minimum atomic E-state index is 0.687. The van der Waals surface area contributed by atoms with E-state index < -0.39 is 0 Å². The molecule has 4 rings (SSSR count). The topological polar surface area (TPSA) is 68.8 Å². The molecule has 0 spiro atoms. The molecule has 0 fully saturated rings. The van der Waals surface area contributed by atoms with E-state index in [1.54, 1.807) is 29.8 Å². The highest BCUT2D eigenvalue weighted by molar-refractivity contribution is 7.18. The summed E-state index contributed by atoms with van der Waals surface area (Å²) in [5.41, 5.74) is 5.18. The molecule has 0 radical (unpaired) electrons. The molecule has 0 saturated heterocycles. The van der Waals surface area contributed by atoms with Gasteiger partial charge in [0.25, 0.3) is 0 Å². The van der Waals surface area contributed by atoms with E-state index >= 15 is 0 Å². The van der Waals surface area contributed by atoms with Crippen LogP contribution in [0.5, 0.6) is 0 Å². The fraction of sp³-hybridized carbons (Fsp3) is 0.0952. The first-order valence-electron chi connectivity index (χ1n) is 8.61. The van der Waals surface area contributed by atoms with E-state index in [0.717, 1.165) is 43.4 Å². The van der Waals surface area contributed by atoms with E-state index in [0.29, 0.717) is 5.70 Å². The zero-order valence-corrected chi connectivity index (χ0v) is 16.4. The predicted octanol–water partition coefficient (Wildman–Crippen LogP) is 4.69. The molecule has 138 valence electrons. The van der Waals surface area contributed by atoms with E-state index in [-0.39, 0.29) is 0 Å². The minimum Gasteiger partial charge on any atom is -0.350 e. The first kappa shape index (κ1) is 17.9. The van der Waals surface area contributed by atoms with Crippen LogP contribution in [0.3, 0.4) is 0 Å². The monoisotopic (exact) mass is 386 g/mol. The fourth-order valence-electron chi connectivity index (χ4n) is 3.06. The number of pyridine rings is 1. The van der Waals surface area contributed by atoms with Gasteiger partial charge < -0.3 is 4.57 Å². The van der Waals surface area contributed by atoms with E-state index in [2.05, 4.69) is 38.9 Å². The fourth-order valence-corrected chi connectivity index (χ4v) is 4.06. The summed E-state index contributed by atoms with van der Waals surface area (Å²) in [6.07, 6.45) is 10.6. The number of nitrogens with zero attached hydrogens (tertiary/aromatic N) is 6. The number of aromatic nitrogens is 5. The first-order valence-corrected chi connectivity index (χ1v) is 9.43. The molecule has 4 aromatic heterocycles. The molecule has 4 heterocycles. The molecule has 0 saturated carbocycles.